The molecule has 1 fully saturated rings. The third kappa shape index (κ3) is 4.53. The predicted molar refractivity (Wildman–Crippen MR) is 92.4 cm³/mol. The van der Waals surface area contributed by atoms with Gasteiger partial charge in [-0.25, -0.2) is 4.79 Å². The molecule has 128 valence electrons. The number of rotatable bonds is 3. The Hall–Kier alpha value is -1.91. The summed E-state index contributed by atoms with van der Waals surface area (Å²) in [6.07, 6.45) is 0.728. The minimum Gasteiger partial charge on any atom is -0.496 e. The highest BCUT2D eigenvalue weighted by Gasteiger charge is 2.26. The van der Waals surface area contributed by atoms with Gasteiger partial charge in [-0.2, -0.15) is 0 Å². The van der Waals surface area contributed by atoms with E-state index < -0.39 is 5.60 Å². The van der Waals surface area contributed by atoms with Crippen molar-refractivity contribution >= 4 is 11.8 Å². The van der Waals surface area contributed by atoms with Gasteiger partial charge in [0.2, 0.25) is 0 Å². The standard InChI is InChI=1S/C18H28N2O3/c1-6-14-7-8-15(13-16(14)22-5)19-9-11-20(12-10-19)17(21)23-18(2,3)4/h7-8,13H,6,9-12H2,1-5H3. The molecule has 1 aliphatic rings. The van der Waals surface area contributed by atoms with Gasteiger partial charge >= 0.3 is 6.09 Å². The lowest BCUT2D eigenvalue weighted by Gasteiger charge is -2.37. The summed E-state index contributed by atoms with van der Waals surface area (Å²) in [6.45, 7) is 10.7. The van der Waals surface area contributed by atoms with Crippen LogP contribution < -0.4 is 9.64 Å². The van der Waals surface area contributed by atoms with E-state index in [1.165, 1.54) is 5.56 Å². The second kappa shape index (κ2) is 7.11. The summed E-state index contributed by atoms with van der Waals surface area (Å²) in [7, 11) is 1.71. The van der Waals surface area contributed by atoms with Crippen LogP contribution in [0.2, 0.25) is 0 Å². The van der Waals surface area contributed by atoms with Crippen molar-refractivity contribution in [3.8, 4) is 5.75 Å². The van der Waals surface area contributed by atoms with Crippen molar-refractivity contribution in [2.24, 2.45) is 0 Å². The first-order valence-electron chi connectivity index (χ1n) is 8.24. The van der Waals surface area contributed by atoms with Crippen LogP contribution in [0.3, 0.4) is 0 Å². The molecule has 1 saturated heterocycles. The Morgan fingerprint density at radius 3 is 2.35 bits per heavy atom. The quantitative estimate of drug-likeness (QED) is 0.857. The Morgan fingerprint density at radius 1 is 1.17 bits per heavy atom. The number of methoxy groups -OCH3 is 1. The molecule has 2 rings (SSSR count). The Kier molecular flexibility index (Phi) is 5.39. The van der Waals surface area contributed by atoms with Crippen molar-refractivity contribution in [1.29, 1.82) is 0 Å². The average Bonchev–Trinajstić information content (AvgIpc) is 2.52. The number of nitrogens with zero attached hydrogens (tertiary/aromatic N) is 2. The molecule has 0 atom stereocenters. The van der Waals surface area contributed by atoms with Crippen LogP contribution in [0.15, 0.2) is 18.2 Å². The van der Waals surface area contributed by atoms with Gasteiger partial charge in [0, 0.05) is 37.9 Å². The molecule has 1 heterocycles. The van der Waals surface area contributed by atoms with Gasteiger partial charge in [-0.1, -0.05) is 13.0 Å². The number of carbonyl (C=O) groups is 1. The fraction of sp³-hybridized carbons (Fsp3) is 0.611. The van der Waals surface area contributed by atoms with Gasteiger partial charge in [0.15, 0.2) is 0 Å². The number of piperazine rings is 1. The molecule has 0 spiro atoms. The van der Waals surface area contributed by atoms with Gasteiger partial charge in [0.25, 0.3) is 0 Å². The van der Waals surface area contributed by atoms with Crippen LogP contribution in [0.5, 0.6) is 5.75 Å². The maximum absolute atomic E-state index is 12.1. The minimum atomic E-state index is -0.447. The van der Waals surface area contributed by atoms with Crippen LogP contribution in [0.4, 0.5) is 10.5 Å². The largest absolute Gasteiger partial charge is 0.496 e. The molecule has 1 aromatic rings. The van der Waals surface area contributed by atoms with Crippen molar-refractivity contribution in [3.05, 3.63) is 23.8 Å². The highest BCUT2D eigenvalue weighted by Crippen LogP contribution is 2.27. The normalized spacial score (nSPS) is 15.5. The predicted octanol–water partition coefficient (Wildman–Crippen LogP) is 3.31. The van der Waals surface area contributed by atoms with Crippen LogP contribution >= 0.6 is 0 Å². The molecule has 0 radical (unpaired) electrons. The van der Waals surface area contributed by atoms with Crippen LogP contribution in [-0.2, 0) is 11.2 Å². The molecule has 0 aromatic heterocycles. The molecule has 1 amide bonds. The molecule has 1 aromatic carbocycles. The molecule has 0 N–H and O–H groups in total. The molecule has 5 nitrogen and oxygen atoms in total. The smallest absolute Gasteiger partial charge is 0.410 e. The number of hydrogen-bond donors (Lipinski definition) is 0. The zero-order valence-electron chi connectivity index (χ0n) is 14.9. The summed E-state index contributed by atoms with van der Waals surface area (Å²) >= 11 is 0. The number of hydrogen-bond acceptors (Lipinski definition) is 4. The number of anilines is 1. The van der Waals surface area contributed by atoms with Crippen LogP contribution in [-0.4, -0.2) is 49.9 Å². The van der Waals surface area contributed by atoms with E-state index in [4.69, 9.17) is 9.47 Å². The van der Waals surface area contributed by atoms with E-state index in [0.717, 1.165) is 30.9 Å². The Bertz CT molecular complexity index is 544. The molecule has 0 saturated carbocycles. The zero-order valence-corrected chi connectivity index (χ0v) is 14.9. The number of ether oxygens (including phenoxy) is 2. The number of aryl methyl sites for hydroxylation is 1. The molecular formula is C18H28N2O3. The number of benzene rings is 1. The van der Waals surface area contributed by atoms with E-state index in [1.807, 2.05) is 20.8 Å². The second-order valence-electron chi connectivity index (χ2n) is 6.80. The first-order chi connectivity index (χ1) is 10.8. The van der Waals surface area contributed by atoms with E-state index in [2.05, 4.69) is 30.0 Å². The van der Waals surface area contributed by atoms with Gasteiger partial charge in [0.1, 0.15) is 11.4 Å². The van der Waals surface area contributed by atoms with Crippen molar-refractivity contribution in [2.45, 2.75) is 39.7 Å². The lowest BCUT2D eigenvalue weighted by Crippen LogP contribution is -2.50. The molecular weight excluding hydrogens is 292 g/mol. The number of carbonyl (C=O) groups excluding carboxylic acids is 1. The summed E-state index contributed by atoms with van der Waals surface area (Å²) in [5.74, 6) is 0.930. The third-order valence-electron chi connectivity index (χ3n) is 3.95. The van der Waals surface area contributed by atoms with Crippen LogP contribution in [0.25, 0.3) is 0 Å². The highest BCUT2D eigenvalue weighted by molar-refractivity contribution is 5.68. The average molecular weight is 320 g/mol. The first kappa shape index (κ1) is 17.4. The molecule has 23 heavy (non-hydrogen) atoms. The summed E-state index contributed by atoms with van der Waals surface area (Å²) in [5.41, 5.74) is 1.91. The van der Waals surface area contributed by atoms with Gasteiger partial charge in [-0.15, -0.1) is 0 Å². The Labute approximate surface area is 139 Å². The summed E-state index contributed by atoms with van der Waals surface area (Å²) in [6, 6.07) is 6.33. The van der Waals surface area contributed by atoms with Gasteiger partial charge in [-0.3, -0.25) is 0 Å². The van der Waals surface area contributed by atoms with E-state index >= 15 is 0 Å². The van der Waals surface area contributed by atoms with Gasteiger partial charge in [-0.05, 0) is 38.8 Å². The second-order valence-corrected chi connectivity index (χ2v) is 6.80. The molecule has 5 heteroatoms. The van der Waals surface area contributed by atoms with Crippen molar-refractivity contribution in [3.63, 3.8) is 0 Å². The zero-order chi connectivity index (χ0) is 17.0. The fourth-order valence-electron chi connectivity index (χ4n) is 2.70. The Balaban J connectivity index is 1.98. The van der Waals surface area contributed by atoms with E-state index in [1.54, 1.807) is 12.0 Å². The van der Waals surface area contributed by atoms with Gasteiger partial charge in [0.05, 0.1) is 7.11 Å². The lowest BCUT2D eigenvalue weighted by atomic mass is 10.1. The monoisotopic (exact) mass is 320 g/mol. The molecule has 0 unspecified atom stereocenters. The van der Waals surface area contributed by atoms with Crippen molar-refractivity contribution in [2.75, 3.05) is 38.2 Å². The van der Waals surface area contributed by atoms with Crippen LogP contribution in [0.1, 0.15) is 33.3 Å². The minimum absolute atomic E-state index is 0.226. The molecule has 0 bridgehead atoms. The van der Waals surface area contributed by atoms with E-state index in [0.29, 0.717) is 13.1 Å². The fourth-order valence-corrected chi connectivity index (χ4v) is 2.70. The summed E-state index contributed by atoms with van der Waals surface area (Å²) in [5, 5.41) is 0. The lowest BCUT2D eigenvalue weighted by molar-refractivity contribution is 0.0240. The topological polar surface area (TPSA) is 42.0 Å². The SMILES string of the molecule is CCc1ccc(N2CCN(C(=O)OC(C)(C)C)CC2)cc1OC. The number of amides is 1. The maximum atomic E-state index is 12.1. The van der Waals surface area contributed by atoms with E-state index in [9.17, 15) is 4.79 Å². The highest BCUT2D eigenvalue weighted by atomic mass is 16.6. The van der Waals surface area contributed by atoms with Crippen molar-refractivity contribution < 1.29 is 14.3 Å². The summed E-state index contributed by atoms with van der Waals surface area (Å²) in [4.78, 5) is 16.2. The molecule has 1 aliphatic heterocycles. The maximum Gasteiger partial charge on any atom is 0.410 e. The van der Waals surface area contributed by atoms with Gasteiger partial charge < -0.3 is 19.3 Å². The summed E-state index contributed by atoms with van der Waals surface area (Å²) < 4.78 is 10.9. The van der Waals surface area contributed by atoms with Crippen molar-refractivity contribution in [1.82, 2.24) is 4.90 Å². The Morgan fingerprint density at radius 2 is 1.83 bits per heavy atom. The third-order valence-corrected chi connectivity index (χ3v) is 3.95. The van der Waals surface area contributed by atoms with E-state index in [-0.39, 0.29) is 6.09 Å². The first-order valence-corrected chi connectivity index (χ1v) is 8.24. The molecule has 0 aliphatic carbocycles. The van der Waals surface area contributed by atoms with Crippen LogP contribution in [0, 0.1) is 0 Å².